The van der Waals surface area contributed by atoms with Gasteiger partial charge in [0, 0.05) is 12.2 Å². The molecule has 1 aromatic carbocycles. The third kappa shape index (κ3) is 2.45. The van der Waals surface area contributed by atoms with Crippen LogP contribution in [0.4, 0.5) is 0 Å². The highest BCUT2D eigenvalue weighted by molar-refractivity contribution is 5.86. The lowest BCUT2D eigenvalue weighted by molar-refractivity contribution is 0.0466. The fraction of sp³-hybridized carbons (Fsp3) is 0.333. The summed E-state index contributed by atoms with van der Waals surface area (Å²) in [7, 11) is 0. The molecule has 1 unspecified atom stereocenters. The summed E-state index contributed by atoms with van der Waals surface area (Å²) in [6.45, 7) is 0.281. The van der Waals surface area contributed by atoms with Crippen LogP contribution in [0.15, 0.2) is 55.0 Å². The van der Waals surface area contributed by atoms with Crippen molar-refractivity contribution in [3.05, 3.63) is 66.3 Å². The molecule has 1 aromatic heterocycles. The molecule has 0 N–H and O–H groups in total. The van der Waals surface area contributed by atoms with Crippen LogP contribution in [-0.2, 0) is 11.3 Å². The molecule has 0 aliphatic heterocycles. The highest BCUT2D eigenvalue weighted by Crippen LogP contribution is 2.46. The molecule has 0 spiro atoms. The lowest BCUT2D eigenvalue weighted by Crippen LogP contribution is -2.12. The molecular formula is C18H18N2O2. The monoisotopic (exact) mass is 294 g/mol. The molecule has 4 nitrogen and oxygen atoms in total. The van der Waals surface area contributed by atoms with Crippen LogP contribution in [-0.4, -0.2) is 15.5 Å². The predicted molar refractivity (Wildman–Crippen MR) is 82.2 cm³/mol. The van der Waals surface area contributed by atoms with Gasteiger partial charge in [0.25, 0.3) is 0 Å². The van der Waals surface area contributed by atoms with Gasteiger partial charge < -0.3 is 9.30 Å². The Morgan fingerprint density at radius 2 is 2.09 bits per heavy atom. The lowest BCUT2D eigenvalue weighted by atomic mass is 10.0. The van der Waals surface area contributed by atoms with Gasteiger partial charge in [0.1, 0.15) is 6.61 Å². The van der Waals surface area contributed by atoms with Crippen molar-refractivity contribution in [3.8, 4) is 0 Å². The van der Waals surface area contributed by atoms with Gasteiger partial charge in [0.15, 0.2) is 5.69 Å². The van der Waals surface area contributed by atoms with Gasteiger partial charge in [-0.1, -0.05) is 42.5 Å². The van der Waals surface area contributed by atoms with E-state index in [1.165, 1.54) is 6.42 Å². The van der Waals surface area contributed by atoms with Crippen molar-refractivity contribution < 1.29 is 9.53 Å². The number of imidazole rings is 1. The number of rotatable bonds is 4. The Labute approximate surface area is 129 Å². The van der Waals surface area contributed by atoms with Gasteiger partial charge in [0.05, 0.1) is 6.33 Å². The Morgan fingerprint density at radius 1 is 1.23 bits per heavy atom. The zero-order valence-electron chi connectivity index (χ0n) is 12.3. The Hall–Kier alpha value is -2.36. The number of nitrogens with zero attached hydrogens (tertiary/aromatic N) is 2. The number of fused-ring (bicyclic) bond motifs is 2. The number of carbonyl (C=O) groups is 1. The zero-order valence-corrected chi connectivity index (χ0v) is 12.3. The lowest BCUT2D eigenvalue weighted by Gasteiger charge is -2.19. The van der Waals surface area contributed by atoms with Crippen LogP contribution in [0, 0.1) is 11.8 Å². The molecule has 112 valence electrons. The van der Waals surface area contributed by atoms with E-state index in [9.17, 15) is 4.79 Å². The second kappa shape index (κ2) is 5.44. The van der Waals surface area contributed by atoms with Crippen molar-refractivity contribution in [1.29, 1.82) is 0 Å². The number of esters is 1. The quantitative estimate of drug-likeness (QED) is 0.641. The average Bonchev–Trinajstić information content (AvgIpc) is 3.29. The van der Waals surface area contributed by atoms with E-state index in [1.807, 2.05) is 36.5 Å². The molecule has 1 heterocycles. The van der Waals surface area contributed by atoms with Crippen molar-refractivity contribution in [3.63, 3.8) is 0 Å². The first kappa shape index (κ1) is 13.3. The number of benzene rings is 1. The molecule has 0 radical (unpaired) electrons. The molecule has 0 saturated heterocycles. The number of carbonyl (C=O) groups excluding carboxylic acids is 1. The van der Waals surface area contributed by atoms with Crippen molar-refractivity contribution >= 4 is 5.97 Å². The second-order valence-corrected chi connectivity index (χ2v) is 6.12. The van der Waals surface area contributed by atoms with Gasteiger partial charge in [-0.2, -0.15) is 0 Å². The second-order valence-electron chi connectivity index (χ2n) is 6.12. The van der Waals surface area contributed by atoms with Gasteiger partial charge in [-0.3, -0.25) is 0 Å². The van der Waals surface area contributed by atoms with Crippen LogP contribution < -0.4 is 0 Å². The summed E-state index contributed by atoms with van der Waals surface area (Å²) in [6, 6.07) is 10.1. The van der Waals surface area contributed by atoms with Crippen molar-refractivity contribution in [1.82, 2.24) is 9.55 Å². The molecular weight excluding hydrogens is 276 g/mol. The number of ether oxygens (including phenoxy) is 1. The van der Waals surface area contributed by atoms with E-state index < -0.39 is 0 Å². The van der Waals surface area contributed by atoms with E-state index >= 15 is 0 Å². The van der Waals surface area contributed by atoms with E-state index in [-0.39, 0.29) is 12.6 Å². The Balaban J connectivity index is 1.41. The highest BCUT2D eigenvalue weighted by atomic mass is 16.5. The first-order chi connectivity index (χ1) is 10.8. The Morgan fingerprint density at radius 3 is 2.82 bits per heavy atom. The molecule has 22 heavy (non-hydrogen) atoms. The van der Waals surface area contributed by atoms with E-state index in [0.717, 1.165) is 12.0 Å². The highest BCUT2D eigenvalue weighted by Gasteiger charge is 2.36. The summed E-state index contributed by atoms with van der Waals surface area (Å²) in [4.78, 5) is 16.3. The Kier molecular flexibility index (Phi) is 3.29. The van der Waals surface area contributed by atoms with Gasteiger partial charge >= 0.3 is 5.97 Å². The van der Waals surface area contributed by atoms with Crippen LogP contribution in [0.5, 0.6) is 0 Å². The topological polar surface area (TPSA) is 44.1 Å². The molecule has 4 heteroatoms. The number of hydrogen-bond donors (Lipinski definition) is 0. The maximum Gasteiger partial charge on any atom is 0.358 e. The van der Waals surface area contributed by atoms with Crippen LogP contribution in [0.2, 0.25) is 0 Å². The fourth-order valence-electron chi connectivity index (χ4n) is 3.52. The SMILES string of the molecule is O=C(OCc1ccccc1)c1cn([C@H]2CC3C=C[C@H]2C3)cn1. The van der Waals surface area contributed by atoms with Gasteiger partial charge in [0.2, 0.25) is 0 Å². The van der Waals surface area contributed by atoms with E-state index in [2.05, 4.69) is 21.7 Å². The van der Waals surface area contributed by atoms with Crippen LogP contribution >= 0.6 is 0 Å². The van der Waals surface area contributed by atoms with E-state index in [1.54, 1.807) is 6.33 Å². The summed E-state index contributed by atoms with van der Waals surface area (Å²) in [5.41, 5.74) is 1.37. The first-order valence-electron chi connectivity index (χ1n) is 7.72. The normalized spacial score (nSPS) is 25.5. The van der Waals surface area contributed by atoms with Crippen molar-refractivity contribution in [2.24, 2.45) is 11.8 Å². The maximum absolute atomic E-state index is 12.1. The van der Waals surface area contributed by atoms with Gasteiger partial charge in [-0.15, -0.1) is 0 Å². The van der Waals surface area contributed by atoms with Crippen LogP contribution in [0.3, 0.4) is 0 Å². The van der Waals surface area contributed by atoms with Crippen molar-refractivity contribution in [2.75, 3.05) is 0 Å². The molecule has 0 amide bonds. The number of allylic oxidation sites excluding steroid dienone is 2. The molecule has 4 rings (SSSR count). The number of hydrogen-bond acceptors (Lipinski definition) is 3. The van der Waals surface area contributed by atoms with E-state index in [4.69, 9.17) is 4.74 Å². The molecule has 3 atom stereocenters. The summed E-state index contributed by atoms with van der Waals surface area (Å²) in [5, 5.41) is 0. The molecule has 2 aliphatic carbocycles. The largest absolute Gasteiger partial charge is 0.456 e. The summed E-state index contributed by atoms with van der Waals surface area (Å²) < 4.78 is 7.40. The first-order valence-corrected chi connectivity index (χ1v) is 7.72. The Bertz CT molecular complexity index is 705. The fourth-order valence-corrected chi connectivity index (χ4v) is 3.52. The minimum absolute atomic E-state index is 0.281. The number of aromatic nitrogens is 2. The third-order valence-electron chi connectivity index (χ3n) is 4.65. The molecule has 1 saturated carbocycles. The molecule has 1 fully saturated rings. The maximum atomic E-state index is 12.1. The standard InChI is InChI=1S/C18H18N2O2/c21-18(22-11-13-4-2-1-3-5-13)16-10-20(12-19-16)17-9-14-6-7-15(17)8-14/h1-7,10,12,14-15,17H,8-9,11H2/t14?,15-,17-/m0/s1. The van der Waals surface area contributed by atoms with Gasteiger partial charge in [-0.05, 0) is 30.2 Å². The zero-order chi connectivity index (χ0) is 14.9. The minimum atomic E-state index is -0.360. The van der Waals surface area contributed by atoms with Crippen LogP contribution in [0.1, 0.15) is 34.9 Å². The van der Waals surface area contributed by atoms with Crippen LogP contribution in [0.25, 0.3) is 0 Å². The minimum Gasteiger partial charge on any atom is -0.456 e. The molecule has 2 aliphatic rings. The summed E-state index contributed by atoms with van der Waals surface area (Å²) >= 11 is 0. The third-order valence-corrected chi connectivity index (χ3v) is 4.65. The predicted octanol–water partition coefficient (Wildman–Crippen LogP) is 3.38. The summed E-state index contributed by atoms with van der Waals surface area (Å²) in [6.07, 6.45) is 10.6. The van der Waals surface area contributed by atoms with Gasteiger partial charge in [-0.25, -0.2) is 9.78 Å². The molecule has 2 bridgehead atoms. The smallest absolute Gasteiger partial charge is 0.358 e. The average molecular weight is 294 g/mol. The summed E-state index contributed by atoms with van der Waals surface area (Å²) in [5.74, 6) is 0.930. The van der Waals surface area contributed by atoms with Crippen molar-refractivity contribution in [2.45, 2.75) is 25.5 Å². The molecule has 2 aromatic rings. The van der Waals surface area contributed by atoms with E-state index in [0.29, 0.717) is 23.6 Å².